The molecule has 80 valence electrons. The van der Waals surface area contributed by atoms with Crippen LogP contribution in [0.15, 0.2) is 12.5 Å². The second kappa shape index (κ2) is 5.12. The van der Waals surface area contributed by atoms with E-state index in [0.717, 1.165) is 12.2 Å². The van der Waals surface area contributed by atoms with Crippen molar-refractivity contribution in [1.82, 2.24) is 14.9 Å². The zero-order chi connectivity index (χ0) is 10.6. The monoisotopic (exact) mass is 197 g/mol. The van der Waals surface area contributed by atoms with E-state index in [4.69, 9.17) is 0 Å². The summed E-state index contributed by atoms with van der Waals surface area (Å²) in [7, 11) is 1.88. The first-order chi connectivity index (χ1) is 6.61. The Hall–Kier alpha value is -0.870. The van der Waals surface area contributed by atoms with E-state index in [9.17, 15) is 5.11 Å². The molecule has 1 unspecified atom stereocenters. The van der Waals surface area contributed by atoms with Gasteiger partial charge in [-0.15, -0.1) is 0 Å². The van der Waals surface area contributed by atoms with E-state index in [0.29, 0.717) is 12.5 Å². The number of hydrogen-bond acceptors (Lipinski definition) is 3. The van der Waals surface area contributed by atoms with Crippen molar-refractivity contribution in [3.8, 4) is 0 Å². The van der Waals surface area contributed by atoms with Gasteiger partial charge in [0.25, 0.3) is 0 Å². The molecule has 14 heavy (non-hydrogen) atoms. The standard InChI is InChI=1S/C10H19N3O/c1-8(2)4-11-6-10(14)9-5-12-7-13(9)3/h5,7-8,10-11,14H,4,6H2,1-3H3. The van der Waals surface area contributed by atoms with Gasteiger partial charge in [-0.1, -0.05) is 13.8 Å². The average molecular weight is 197 g/mol. The molecule has 1 aromatic rings. The van der Waals surface area contributed by atoms with Crippen LogP contribution in [0.3, 0.4) is 0 Å². The molecular weight excluding hydrogens is 178 g/mol. The Bertz CT molecular complexity index is 270. The summed E-state index contributed by atoms with van der Waals surface area (Å²) in [6, 6.07) is 0. The van der Waals surface area contributed by atoms with Crippen LogP contribution in [0.2, 0.25) is 0 Å². The summed E-state index contributed by atoms with van der Waals surface area (Å²) in [6.07, 6.45) is 2.92. The summed E-state index contributed by atoms with van der Waals surface area (Å²) in [5.74, 6) is 0.605. The number of nitrogens with one attached hydrogen (secondary N) is 1. The molecule has 4 heteroatoms. The molecule has 1 rings (SSSR count). The fraction of sp³-hybridized carbons (Fsp3) is 0.700. The van der Waals surface area contributed by atoms with E-state index in [1.807, 2.05) is 11.6 Å². The molecular formula is C10H19N3O. The van der Waals surface area contributed by atoms with Crippen LogP contribution >= 0.6 is 0 Å². The van der Waals surface area contributed by atoms with Crippen LogP contribution in [0.5, 0.6) is 0 Å². The molecule has 0 aliphatic heterocycles. The van der Waals surface area contributed by atoms with Gasteiger partial charge >= 0.3 is 0 Å². The molecule has 1 atom stereocenters. The van der Waals surface area contributed by atoms with Crippen LogP contribution in [0, 0.1) is 5.92 Å². The van der Waals surface area contributed by atoms with Gasteiger partial charge in [-0.2, -0.15) is 0 Å². The van der Waals surface area contributed by atoms with Gasteiger partial charge < -0.3 is 15.0 Å². The summed E-state index contributed by atoms with van der Waals surface area (Å²) in [5.41, 5.74) is 0.848. The van der Waals surface area contributed by atoms with Crippen LogP contribution in [-0.4, -0.2) is 27.7 Å². The maximum atomic E-state index is 9.78. The highest BCUT2D eigenvalue weighted by Gasteiger charge is 2.10. The van der Waals surface area contributed by atoms with E-state index in [1.54, 1.807) is 12.5 Å². The van der Waals surface area contributed by atoms with E-state index < -0.39 is 6.10 Å². The van der Waals surface area contributed by atoms with E-state index in [2.05, 4.69) is 24.1 Å². The molecule has 1 heterocycles. The number of aliphatic hydroxyl groups is 1. The van der Waals surface area contributed by atoms with Gasteiger partial charge in [0, 0.05) is 13.6 Å². The van der Waals surface area contributed by atoms with Gasteiger partial charge in [0.05, 0.1) is 18.2 Å². The van der Waals surface area contributed by atoms with Crippen molar-refractivity contribution in [3.63, 3.8) is 0 Å². The lowest BCUT2D eigenvalue weighted by molar-refractivity contribution is 0.165. The Balaban J connectivity index is 2.36. The van der Waals surface area contributed by atoms with Crippen LogP contribution in [0.4, 0.5) is 0 Å². The van der Waals surface area contributed by atoms with Crippen molar-refractivity contribution in [3.05, 3.63) is 18.2 Å². The highest BCUT2D eigenvalue weighted by atomic mass is 16.3. The fourth-order valence-electron chi connectivity index (χ4n) is 1.30. The third-order valence-electron chi connectivity index (χ3n) is 2.09. The molecule has 0 spiro atoms. The molecule has 0 radical (unpaired) electrons. The molecule has 0 aliphatic carbocycles. The highest BCUT2D eigenvalue weighted by Crippen LogP contribution is 2.09. The van der Waals surface area contributed by atoms with Crippen molar-refractivity contribution >= 4 is 0 Å². The summed E-state index contributed by atoms with van der Waals surface area (Å²) >= 11 is 0. The average Bonchev–Trinajstić information content (AvgIpc) is 2.50. The second-order valence-corrected chi connectivity index (χ2v) is 4.00. The SMILES string of the molecule is CC(C)CNCC(O)c1cncn1C. The van der Waals surface area contributed by atoms with Crippen molar-refractivity contribution in [2.75, 3.05) is 13.1 Å². The first kappa shape index (κ1) is 11.2. The third-order valence-corrected chi connectivity index (χ3v) is 2.09. The summed E-state index contributed by atoms with van der Waals surface area (Å²) < 4.78 is 1.84. The van der Waals surface area contributed by atoms with Crippen molar-refractivity contribution in [2.24, 2.45) is 13.0 Å². The molecule has 0 fully saturated rings. The Morgan fingerprint density at radius 3 is 2.71 bits per heavy atom. The zero-order valence-corrected chi connectivity index (χ0v) is 9.07. The topological polar surface area (TPSA) is 50.1 Å². The maximum absolute atomic E-state index is 9.78. The summed E-state index contributed by atoms with van der Waals surface area (Å²) in [4.78, 5) is 3.96. The quantitative estimate of drug-likeness (QED) is 0.730. The minimum atomic E-state index is -0.471. The molecule has 2 N–H and O–H groups in total. The molecule has 0 bridgehead atoms. The van der Waals surface area contributed by atoms with Gasteiger partial charge in [0.2, 0.25) is 0 Å². The molecule has 0 amide bonds. The van der Waals surface area contributed by atoms with E-state index in [1.165, 1.54) is 0 Å². The predicted molar refractivity (Wildman–Crippen MR) is 55.9 cm³/mol. The number of imidazole rings is 1. The van der Waals surface area contributed by atoms with Crippen molar-refractivity contribution < 1.29 is 5.11 Å². The summed E-state index contributed by atoms with van der Waals surface area (Å²) in [5, 5.41) is 13.0. The molecule has 0 aliphatic rings. The Labute approximate surface area is 85.0 Å². The smallest absolute Gasteiger partial charge is 0.108 e. The van der Waals surface area contributed by atoms with Crippen LogP contribution in [0.25, 0.3) is 0 Å². The number of aromatic nitrogens is 2. The molecule has 0 saturated carbocycles. The van der Waals surface area contributed by atoms with Gasteiger partial charge in [0.15, 0.2) is 0 Å². The maximum Gasteiger partial charge on any atom is 0.108 e. The lowest BCUT2D eigenvalue weighted by Gasteiger charge is -2.13. The first-order valence-electron chi connectivity index (χ1n) is 4.96. The number of rotatable bonds is 5. The van der Waals surface area contributed by atoms with Crippen LogP contribution < -0.4 is 5.32 Å². The minimum Gasteiger partial charge on any atom is -0.385 e. The van der Waals surface area contributed by atoms with Crippen LogP contribution in [0.1, 0.15) is 25.6 Å². The van der Waals surface area contributed by atoms with E-state index >= 15 is 0 Å². The second-order valence-electron chi connectivity index (χ2n) is 4.00. The Morgan fingerprint density at radius 1 is 1.50 bits per heavy atom. The minimum absolute atomic E-state index is 0.471. The predicted octanol–water partition coefficient (Wildman–Crippen LogP) is 0.699. The van der Waals surface area contributed by atoms with Crippen molar-refractivity contribution in [2.45, 2.75) is 20.0 Å². The van der Waals surface area contributed by atoms with Gasteiger partial charge in [-0.05, 0) is 12.5 Å². The van der Waals surface area contributed by atoms with Gasteiger partial charge in [-0.25, -0.2) is 4.98 Å². The lowest BCUT2D eigenvalue weighted by atomic mass is 10.2. The third kappa shape index (κ3) is 3.12. The van der Waals surface area contributed by atoms with Gasteiger partial charge in [0.1, 0.15) is 6.10 Å². The first-order valence-corrected chi connectivity index (χ1v) is 4.96. The number of nitrogens with zero attached hydrogens (tertiary/aromatic N) is 2. The normalized spacial score (nSPS) is 13.5. The Kier molecular flexibility index (Phi) is 4.10. The number of aliphatic hydroxyl groups excluding tert-OH is 1. The molecule has 0 saturated heterocycles. The zero-order valence-electron chi connectivity index (χ0n) is 9.07. The molecule has 0 aromatic carbocycles. The largest absolute Gasteiger partial charge is 0.385 e. The number of aryl methyl sites for hydroxylation is 1. The van der Waals surface area contributed by atoms with Crippen molar-refractivity contribution in [1.29, 1.82) is 0 Å². The molecule has 1 aromatic heterocycles. The number of hydrogen-bond donors (Lipinski definition) is 2. The van der Waals surface area contributed by atoms with Crippen LogP contribution in [-0.2, 0) is 7.05 Å². The molecule has 4 nitrogen and oxygen atoms in total. The highest BCUT2D eigenvalue weighted by molar-refractivity contribution is 5.02. The lowest BCUT2D eigenvalue weighted by Crippen LogP contribution is -2.26. The summed E-state index contributed by atoms with van der Waals surface area (Å²) in [6.45, 7) is 5.79. The fourth-order valence-corrected chi connectivity index (χ4v) is 1.30. The Morgan fingerprint density at radius 2 is 2.21 bits per heavy atom. The van der Waals surface area contributed by atoms with E-state index in [-0.39, 0.29) is 0 Å². The van der Waals surface area contributed by atoms with Gasteiger partial charge in [-0.3, -0.25) is 0 Å².